The van der Waals surface area contributed by atoms with Crippen LogP contribution in [0.15, 0.2) is 18.2 Å². The fourth-order valence-electron chi connectivity index (χ4n) is 3.03. The molecule has 22 heavy (non-hydrogen) atoms. The Morgan fingerprint density at radius 2 is 2.00 bits per heavy atom. The number of halogens is 1. The summed E-state index contributed by atoms with van der Waals surface area (Å²) in [5.41, 5.74) is 2.37. The van der Waals surface area contributed by atoms with Crippen LogP contribution in [0, 0.1) is 13.8 Å². The van der Waals surface area contributed by atoms with E-state index in [4.69, 9.17) is 4.74 Å². The third kappa shape index (κ3) is 5.18. The van der Waals surface area contributed by atoms with Gasteiger partial charge in [-0.05, 0) is 57.0 Å². The molecule has 1 amide bonds. The predicted molar refractivity (Wildman–Crippen MR) is 91.9 cm³/mol. The fraction of sp³-hybridized carbons (Fsp3) is 0.588. The van der Waals surface area contributed by atoms with Crippen molar-refractivity contribution in [1.29, 1.82) is 0 Å². The number of aryl methyl sites for hydroxylation is 2. The summed E-state index contributed by atoms with van der Waals surface area (Å²) in [6.07, 6.45) is 2.66. The summed E-state index contributed by atoms with van der Waals surface area (Å²) in [5.74, 6) is 1.06. The van der Waals surface area contributed by atoms with Crippen LogP contribution in [-0.4, -0.2) is 43.6 Å². The van der Waals surface area contributed by atoms with E-state index in [1.807, 2.05) is 24.1 Å². The summed E-state index contributed by atoms with van der Waals surface area (Å²) >= 11 is 0. The maximum Gasteiger partial charge on any atom is 0.226 e. The Balaban J connectivity index is 0.00000242. The highest BCUT2D eigenvalue weighted by molar-refractivity contribution is 5.85. The average molecular weight is 327 g/mol. The molecule has 1 aromatic carbocycles. The summed E-state index contributed by atoms with van der Waals surface area (Å²) in [5, 5.41) is 3.16. The Morgan fingerprint density at radius 3 is 2.64 bits per heavy atom. The number of ether oxygens (including phenoxy) is 1. The molecule has 1 atom stereocenters. The first-order valence-corrected chi connectivity index (χ1v) is 7.75. The minimum Gasteiger partial charge on any atom is -0.493 e. The second-order valence-corrected chi connectivity index (χ2v) is 5.86. The fourth-order valence-corrected chi connectivity index (χ4v) is 3.03. The first-order chi connectivity index (χ1) is 10.1. The summed E-state index contributed by atoms with van der Waals surface area (Å²) in [4.78, 5) is 14.3. The van der Waals surface area contributed by atoms with E-state index in [0.717, 1.165) is 31.7 Å². The standard InChI is InChI=1S/C17H26N2O2.ClH/c1-13-9-14(2)11-16(10-13)21-8-6-17(20)19-7-4-5-15(19)12-18-3;/h9-11,15,18H,4-8,12H2,1-3H3;1H. The molecule has 0 bridgehead atoms. The Bertz CT molecular complexity index is 473. The third-order valence-corrected chi connectivity index (χ3v) is 3.92. The van der Waals surface area contributed by atoms with Crippen LogP contribution in [0.3, 0.4) is 0 Å². The van der Waals surface area contributed by atoms with E-state index in [-0.39, 0.29) is 18.3 Å². The number of hydrogen-bond acceptors (Lipinski definition) is 3. The Kier molecular flexibility index (Phi) is 7.69. The van der Waals surface area contributed by atoms with Gasteiger partial charge in [-0.25, -0.2) is 0 Å². The molecule has 1 unspecified atom stereocenters. The van der Waals surface area contributed by atoms with E-state index in [1.54, 1.807) is 0 Å². The van der Waals surface area contributed by atoms with E-state index in [9.17, 15) is 4.79 Å². The van der Waals surface area contributed by atoms with Crippen LogP contribution in [0.25, 0.3) is 0 Å². The predicted octanol–water partition coefficient (Wildman–Crippen LogP) is 2.70. The molecule has 1 N–H and O–H groups in total. The molecule has 1 saturated heterocycles. The molecule has 2 rings (SSSR count). The first-order valence-electron chi connectivity index (χ1n) is 7.75. The molecule has 0 spiro atoms. The molecule has 0 aliphatic carbocycles. The minimum atomic E-state index is 0. The zero-order valence-corrected chi connectivity index (χ0v) is 14.5. The lowest BCUT2D eigenvalue weighted by molar-refractivity contribution is -0.132. The highest BCUT2D eigenvalue weighted by Crippen LogP contribution is 2.19. The highest BCUT2D eigenvalue weighted by atomic mass is 35.5. The van der Waals surface area contributed by atoms with Gasteiger partial charge >= 0.3 is 0 Å². The molecule has 0 saturated carbocycles. The molecule has 1 aliphatic rings. The lowest BCUT2D eigenvalue weighted by atomic mass is 10.1. The van der Waals surface area contributed by atoms with Crippen molar-refractivity contribution in [1.82, 2.24) is 10.2 Å². The van der Waals surface area contributed by atoms with Crippen LogP contribution in [0.4, 0.5) is 0 Å². The molecular formula is C17H27ClN2O2. The van der Waals surface area contributed by atoms with Gasteiger partial charge in [-0.2, -0.15) is 0 Å². The van der Waals surface area contributed by atoms with Crippen molar-refractivity contribution in [2.45, 2.75) is 39.2 Å². The van der Waals surface area contributed by atoms with E-state index < -0.39 is 0 Å². The van der Waals surface area contributed by atoms with Gasteiger partial charge in [-0.3, -0.25) is 4.79 Å². The largest absolute Gasteiger partial charge is 0.493 e. The Hall–Kier alpha value is -1.26. The van der Waals surface area contributed by atoms with Crippen molar-refractivity contribution >= 4 is 18.3 Å². The van der Waals surface area contributed by atoms with E-state index >= 15 is 0 Å². The van der Waals surface area contributed by atoms with Crippen molar-refractivity contribution in [3.8, 4) is 5.75 Å². The first kappa shape index (κ1) is 18.8. The lowest BCUT2D eigenvalue weighted by Gasteiger charge is -2.24. The van der Waals surface area contributed by atoms with Gasteiger partial charge in [0.2, 0.25) is 5.91 Å². The summed E-state index contributed by atoms with van der Waals surface area (Å²) in [7, 11) is 1.93. The molecule has 5 heteroatoms. The van der Waals surface area contributed by atoms with Gasteiger partial charge in [0, 0.05) is 19.1 Å². The van der Waals surface area contributed by atoms with Gasteiger partial charge in [0.25, 0.3) is 0 Å². The molecule has 4 nitrogen and oxygen atoms in total. The van der Waals surface area contributed by atoms with Crippen LogP contribution >= 0.6 is 12.4 Å². The second-order valence-electron chi connectivity index (χ2n) is 5.86. The average Bonchev–Trinajstić information content (AvgIpc) is 2.86. The number of nitrogens with one attached hydrogen (secondary N) is 1. The number of rotatable bonds is 6. The van der Waals surface area contributed by atoms with Gasteiger partial charge in [-0.1, -0.05) is 6.07 Å². The topological polar surface area (TPSA) is 41.6 Å². The molecule has 1 aliphatic heterocycles. The van der Waals surface area contributed by atoms with Gasteiger partial charge in [0.1, 0.15) is 5.75 Å². The van der Waals surface area contributed by atoms with E-state index in [1.165, 1.54) is 11.1 Å². The van der Waals surface area contributed by atoms with Crippen molar-refractivity contribution in [2.75, 3.05) is 26.7 Å². The summed E-state index contributed by atoms with van der Waals surface area (Å²) < 4.78 is 5.73. The number of likely N-dealkylation sites (N-methyl/N-ethyl adjacent to an activating group) is 1. The van der Waals surface area contributed by atoms with E-state index in [0.29, 0.717) is 19.1 Å². The third-order valence-electron chi connectivity index (χ3n) is 3.92. The number of likely N-dealkylation sites (tertiary alicyclic amines) is 1. The number of benzene rings is 1. The lowest BCUT2D eigenvalue weighted by Crippen LogP contribution is -2.41. The molecule has 0 radical (unpaired) electrons. The number of carbonyl (C=O) groups excluding carboxylic acids is 1. The van der Waals surface area contributed by atoms with Crippen molar-refractivity contribution < 1.29 is 9.53 Å². The molecule has 1 fully saturated rings. The van der Waals surface area contributed by atoms with Crippen LogP contribution < -0.4 is 10.1 Å². The zero-order chi connectivity index (χ0) is 15.2. The van der Waals surface area contributed by atoms with Gasteiger partial charge in [0.15, 0.2) is 0 Å². The van der Waals surface area contributed by atoms with Crippen molar-refractivity contribution in [2.24, 2.45) is 0 Å². The van der Waals surface area contributed by atoms with Gasteiger partial charge < -0.3 is 15.0 Å². The molecule has 0 aromatic heterocycles. The van der Waals surface area contributed by atoms with Crippen LogP contribution in [0.5, 0.6) is 5.75 Å². The number of nitrogens with zero attached hydrogens (tertiary/aromatic N) is 1. The minimum absolute atomic E-state index is 0. The number of amides is 1. The van der Waals surface area contributed by atoms with Crippen LogP contribution in [-0.2, 0) is 4.79 Å². The van der Waals surface area contributed by atoms with Crippen LogP contribution in [0.1, 0.15) is 30.4 Å². The van der Waals surface area contributed by atoms with E-state index in [2.05, 4.69) is 25.2 Å². The van der Waals surface area contributed by atoms with Crippen molar-refractivity contribution in [3.05, 3.63) is 29.3 Å². The normalized spacial score (nSPS) is 17.2. The SMILES string of the molecule is CNCC1CCCN1C(=O)CCOc1cc(C)cc(C)c1.Cl. The van der Waals surface area contributed by atoms with Gasteiger partial charge in [0.05, 0.1) is 13.0 Å². The zero-order valence-electron chi connectivity index (χ0n) is 13.7. The van der Waals surface area contributed by atoms with Crippen molar-refractivity contribution in [3.63, 3.8) is 0 Å². The molecule has 1 heterocycles. The number of carbonyl (C=O) groups is 1. The van der Waals surface area contributed by atoms with Crippen LogP contribution in [0.2, 0.25) is 0 Å². The maximum absolute atomic E-state index is 12.3. The second kappa shape index (κ2) is 9.01. The highest BCUT2D eigenvalue weighted by Gasteiger charge is 2.27. The number of hydrogen-bond donors (Lipinski definition) is 1. The smallest absolute Gasteiger partial charge is 0.226 e. The summed E-state index contributed by atoms with van der Waals surface area (Å²) in [6.45, 7) is 6.32. The molecule has 124 valence electrons. The monoisotopic (exact) mass is 326 g/mol. The summed E-state index contributed by atoms with van der Waals surface area (Å²) in [6, 6.07) is 6.49. The quantitative estimate of drug-likeness (QED) is 0.874. The Labute approximate surface area is 139 Å². The molecule has 1 aromatic rings. The maximum atomic E-state index is 12.3. The Morgan fingerprint density at radius 1 is 1.32 bits per heavy atom. The molecular weight excluding hydrogens is 300 g/mol. The van der Waals surface area contributed by atoms with Gasteiger partial charge in [-0.15, -0.1) is 12.4 Å².